The molecule has 0 bridgehead atoms. The Morgan fingerprint density at radius 1 is 0.486 bits per heavy atom. The van der Waals surface area contributed by atoms with Gasteiger partial charge in [-0.25, -0.2) is 9.80 Å². The number of benzene rings is 3. The molecule has 0 N–H and O–H groups in total. The first-order valence-corrected chi connectivity index (χ1v) is 11.5. The first-order valence-electron chi connectivity index (χ1n) is 11.5. The van der Waals surface area contributed by atoms with E-state index in [9.17, 15) is 28.8 Å². The molecular formula is C28H17N3O6. The topological polar surface area (TPSA) is 112 Å². The number of carbonyl (C=O) groups is 6. The van der Waals surface area contributed by atoms with E-state index in [-0.39, 0.29) is 39.9 Å². The molecule has 0 fully saturated rings. The molecule has 3 aliphatic rings. The summed E-state index contributed by atoms with van der Waals surface area (Å²) in [6.45, 7) is -0.185. The first kappa shape index (κ1) is 22.3. The zero-order valence-electron chi connectivity index (χ0n) is 19.2. The predicted octanol–water partition coefficient (Wildman–Crippen LogP) is 2.76. The molecule has 3 aliphatic heterocycles. The number of amides is 6. The summed E-state index contributed by atoms with van der Waals surface area (Å²) >= 11 is 0. The standard InChI is InChI=1S/C28H17N3O6/c32-23-16-8-1-2-9-17(16)24(33)29(23)15-7-14-22(30-25(34)18-10-3-4-11-19(18)26(30)35)31-27(36)20-12-5-6-13-21(20)28(31)37/h1-14,22H,15H2. The van der Waals surface area contributed by atoms with Gasteiger partial charge in [-0.15, -0.1) is 0 Å². The van der Waals surface area contributed by atoms with Gasteiger partial charge in [0, 0.05) is 6.54 Å². The van der Waals surface area contributed by atoms with Crippen LogP contribution >= 0.6 is 0 Å². The van der Waals surface area contributed by atoms with Crippen LogP contribution in [0.4, 0.5) is 0 Å². The van der Waals surface area contributed by atoms with Gasteiger partial charge in [0.2, 0.25) is 0 Å². The SMILES string of the molecule is O=C1c2ccccc2C(=O)N1CC=CC(N1C(=O)c2ccccc2C1=O)N1C(=O)c2ccccc2C1=O. The Kier molecular flexibility index (Phi) is 4.94. The monoisotopic (exact) mass is 491 g/mol. The summed E-state index contributed by atoms with van der Waals surface area (Å²) < 4.78 is 0. The highest BCUT2D eigenvalue weighted by Gasteiger charge is 2.47. The van der Waals surface area contributed by atoms with Crippen molar-refractivity contribution in [2.24, 2.45) is 0 Å². The molecule has 3 heterocycles. The molecule has 0 aromatic heterocycles. The Labute approximate surface area is 210 Å². The van der Waals surface area contributed by atoms with Gasteiger partial charge in [-0.05, 0) is 42.5 Å². The second kappa shape index (κ2) is 8.20. The number of fused-ring (bicyclic) bond motifs is 3. The molecule has 6 rings (SSSR count). The average Bonchev–Trinajstić information content (AvgIpc) is 3.43. The zero-order chi connectivity index (χ0) is 25.8. The summed E-state index contributed by atoms with van der Waals surface area (Å²) in [5.41, 5.74) is 1.17. The second-order valence-corrected chi connectivity index (χ2v) is 8.66. The maximum atomic E-state index is 13.3. The molecule has 0 saturated heterocycles. The van der Waals surface area contributed by atoms with E-state index in [1.54, 1.807) is 48.5 Å². The van der Waals surface area contributed by atoms with Crippen LogP contribution in [0.25, 0.3) is 0 Å². The Bertz CT molecular complexity index is 1430. The largest absolute Gasteiger partial charge is 0.270 e. The molecule has 37 heavy (non-hydrogen) atoms. The quantitative estimate of drug-likeness (QED) is 0.401. The smallest absolute Gasteiger partial charge is 0.263 e. The molecule has 0 spiro atoms. The normalized spacial score (nSPS) is 16.5. The second-order valence-electron chi connectivity index (χ2n) is 8.66. The summed E-state index contributed by atoms with van der Waals surface area (Å²) in [5, 5.41) is 0. The fraction of sp³-hybridized carbons (Fsp3) is 0.0714. The van der Waals surface area contributed by atoms with Crippen LogP contribution in [-0.4, -0.2) is 62.9 Å². The summed E-state index contributed by atoms with van der Waals surface area (Å²) in [4.78, 5) is 81.3. The van der Waals surface area contributed by atoms with Crippen LogP contribution < -0.4 is 0 Å². The van der Waals surface area contributed by atoms with Gasteiger partial charge in [0.15, 0.2) is 0 Å². The molecule has 180 valence electrons. The van der Waals surface area contributed by atoms with Crippen molar-refractivity contribution in [1.29, 1.82) is 0 Å². The van der Waals surface area contributed by atoms with Crippen LogP contribution in [0.15, 0.2) is 84.9 Å². The Balaban J connectivity index is 1.36. The van der Waals surface area contributed by atoms with E-state index in [0.29, 0.717) is 0 Å². The van der Waals surface area contributed by atoms with E-state index in [1.807, 2.05) is 0 Å². The lowest BCUT2D eigenvalue weighted by molar-refractivity contribution is 0.0365. The van der Waals surface area contributed by atoms with Crippen molar-refractivity contribution >= 4 is 35.4 Å². The van der Waals surface area contributed by atoms with Crippen LogP contribution in [-0.2, 0) is 0 Å². The van der Waals surface area contributed by atoms with Gasteiger partial charge < -0.3 is 0 Å². The van der Waals surface area contributed by atoms with Crippen molar-refractivity contribution in [3.8, 4) is 0 Å². The molecule has 0 aliphatic carbocycles. The minimum atomic E-state index is -1.41. The molecule has 9 heteroatoms. The minimum Gasteiger partial charge on any atom is -0.270 e. The number of rotatable bonds is 5. The van der Waals surface area contributed by atoms with Gasteiger partial charge >= 0.3 is 0 Å². The number of hydrogen-bond acceptors (Lipinski definition) is 6. The summed E-state index contributed by atoms with van der Waals surface area (Å²) in [6, 6.07) is 18.9. The van der Waals surface area contributed by atoms with Crippen LogP contribution in [0.3, 0.4) is 0 Å². The predicted molar refractivity (Wildman–Crippen MR) is 129 cm³/mol. The average molecular weight is 491 g/mol. The van der Waals surface area contributed by atoms with Crippen LogP contribution in [0.5, 0.6) is 0 Å². The molecule has 6 amide bonds. The molecule has 9 nitrogen and oxygen atoms in total. The first-order chi connectivity index (χ1) is 17.9. The third-order valence-corrected chi connectivity index (χ3v) is 6.65. The Morgan fingerprint density at radius 2 is 0.784 bits per heavy atom. The molecule has 0 unspecified atom stereocenters. The maximum Gasteiger partial charge on any atom is 0.263 e. The summed E-state index contributed by atoms with van der Waals surface area (Å²) in [6.07, 6.45) is 1.32. The van der Waals surface area contributed by atoms with Crippen LogP contribution in [0.2, 0.25) is 0 Å². The summed E-state index contributed by atoms with van der Waals surface area (Å²) in [7, 11) is 0. The van der Waals surface area contributed by atoms with Crippen molar-refractivity contribution < 1.29 is 28.8 Å². The maximum absolute atomic E-state index is 13.3. The van der Waals surface area contributed by atoms with Crippen molar-refractivity contribution in [3.05, 3.63) is 118 Å². The van der Waals surface area contributed by atoms with Crippen LogP contribution in [0, 0.1) is 0 Å². The lowest BCUT2D eigenvalue weighted by atomic mass is 10.1. The number of hydrogen-bond donors (Lipinski definition) is 0. The number of imide groups is 3. The van der Waals surface area contributed by atoms with E-state index >= 15 is 0 Å². The zero-order valence-corrected chi connectivity index (χ0v) is 19.2. The molecule has 0 atom stereocenters. The van der Waals surface area contributed by atoms with E-state index in [4.69, 9.17) is 0 Å². The summed E-state index contributed by atoms with van der Waals surface area (Å²) in [5.74, 6) is -3.60. The van der Waals surface area contributed by atoms with Crippen molar-refractivity contribution in [2.75, 3.05) is 6.54 Å². The van der Waals surface area contributed by atoms with Gasteiger partial charge in [-0.1, -0.05) is 42.5 Å². The van der Waals surface area contributed by atoms with Gasteiger partial charge in [0.05, 0.1) is 33.4 Å². The molecule has 3 aromatic rings. The van der Waals surface area contributed by atoms with Gasteiger partial charge in [-0.3, -0.25) is 33.7 Å². The van der Waals surface area contributed by atoms with E-state index in [1.165, 1.54) is 36.4 Å². The Morgan fingerprint density at radius 3 is 1.11 bits per heavy atom. The Hall–Kier alpha value is -5.18. The van der Waals surface area contributed by atoms with Crippen LogP contribution in [0.1, 0.15) is 62.1 Å². The molecule has 0 saturated carbocycles. The van der Waals surface area contributed by atoms with Crippen molar-refractivity contribution in [3.63, 3.8) is 0 Å². The lowest BCUT2D eigenvalue weighted by Gasteiger charge is -2.30. The van der Waals surface area contributed by atoms with E-state index in [0.717, 1.165) is 14.7 Å². The highest BCUT2D eigenvalue weighted by atomic mass is 16.2. The third-order valence-electron chi connectivity index (χ3n) is 6.65. The minimum absolute atomic E-state index is 0.155. The fourth-order valence-electron chi connectivity index (χ4n) is 4.88. The third kappa shape index (κ3) is 3.17. The van der Waals surface area contributed by atoms with Crippen molar-refractivity contribution in [1.82, 2.24) is 14.7 Å². The molecule has 3 aromatic carbocycles. The lowest BCUT2D eigenvalue weighted by Crippen LogP contribution is -2.52. The molecular weight excluding hydrogens is 474 g/mol. The molecule has 0 radical (unpaired) electrons. The van der Waals surface area contributed by atoms with Crippen molar-refractivity contribution in [2.45, 2.75) is 6.17 Å². The number of carbonyl (C=O) groups excluding carboxylic acids is 6. The highest BCUT2D eigenvalue weighted by Crippen LogP contribution is 2.31. The highest BCUT2D eigenvalue weighted by molar-refractivity contribution is 6.25. The van der Waals surface area contributed by atoms with Gasteiger partial charge in [-0.2, -0.15) is 0 Å². The van der Waals surface area contributed by atoms with Gasteiger partial charge in [0.25, 0.3) is 35.4 Å². The van der Waals surface area contributed by atoms with Gasteiger partial charge in [0.1, 0.15) is 6.17 Å². The fourth-order valence-corrected chi connectivity index (χ4v) is 4.88. The van der Waals surface area contributed by atoms with E-state index in [2.05, 4.69) is 0 Å². The number of nitrogens with zero attached hydrogens (tertiary/aromatic N) is 3. The van der Waals surface area contributed by atoms with E-state index < -0.39 is 41.6 Å².